The summed E-state index contributed by atoms with van der Waals surface area (Å²) in [6.45, 7) is 7.29. The van der Waals surface area contributed by atoms with Gasteiger partial charge in [-0.05, 0) is 32.1 Å². The van der Waals surface area contributed by atoms with Crippen LogP contribution in [-0.2, 0) is 0 Å². The van der Waals surface area contributed by atoms with Crippen LogP contribution in [0.4, 0.5) is 5.82 Å². The van der Waals surface area contributed by atoms with Gasteiger partial charge in [0.25, 0.3) is 0 Å². The Labute approximate surface area is 121 Å². The number of nitrogens with two attached hydrogens (primary N) is 1. The van der Waals surface area contributed by atoms with E-state index in [4.69, 9.17) is 5.73 Å². The molecule has 1 unspecified atom stereocenters. The minimum atomic E-state index is 0.199. The van der Waals surface area contributed by atoms with Crippen molar-refractivity contribution in [1.29, 1.82) is 0 Å². The standard InChI is InChI=1S/C15H25N5/c1-18-7-5-15(12-16,13-18)20-10-8-19(9-11-20)14-4-2-3-6-17-14/h2-4,6H,5,7-13,16H2,1H3. The first-order chi connectivity index (χ1) is 9.73. The third kappa shape index (κ3) is 2.53. The van der Waals surface area contributed by atoms with E-state index < -0.39 is 0 Å². The van der Waals surface area contributed by atoms with E-state index in [0.717, 1.165) is 51.6 Å². The lowest BCUT2D eigenvalue weighted by Gasteiger charge is -2.45. The molecule has 0 amide bonds. The van der Waals surface area contributed by atoms with Crippen LogP contribution in [0.25, 0.3) is 0 Å². The molecule has 2 aliphatic heterocycles. The number of anilines is 1. The average molecular weight is 275 g/mol. The van der Waals surface area contributed by atoms with E-state index >= 15 is 0 Å². The summed E-state index contributed by atoms with van der Waals surface area (Å²) < 4.78 is 0. The highest BCUT2D eigenvalue weighted by Gasteiger charge is 2.41. The molecular weight excluding hydrogens is 250 g/mol. The minimum Gasteiger partial charge on any atom is -0.354 e. The molecule has 1 atom stereocenters. The number of piperazine rings is 1. The first-order valence-corrected chi connectivity index (χ1v) is 7.53. The Morgan fingerprint density at radius 2 is 2.00 bits per heavy atom. The summed E-state index contributed by atoms with van der Waals surface area (Å²) in [5.41, 5.74) is 6.31. The van der Waals surface area contributed by atoms with E-state index in [-0.39, 0.29) is 5.54 Å². The largest absolute Gasteiger partial charge is 0.354 e. The van der Waals surface area contributed by atoms with Crippen LogP contribution in [0.15, 0.2) is 24.4 Å². The summed E-state index contributed by atoms with van der Waals surface area (Å²) in [5.74, 6) is 1.09. The molecule has 3 rings (SSSR count). The third-order valence-electron chi connectivity index (χ3n) is 4.83. The van der Waals surface area contributed by atoms with E-state index in [1.165, 1.54) is 6.42 Å². The molecule has 20 heavy (non-hydrogen) atoms. The van der Waals surface area contributed by atoms with Crippen molar-refractivity contribution in [1.82, 2.24) is 14.8 Å². The number of nitrogens with zero attached hydrogens (tertiary/aromatic N) is 4. The maximum Gasteiger partial charge on any atom is 0.128 e. The van der Waals surface area contributed by atoms with Gasteiger partial charge in [-0.15, -0.1) is 0 Å². The molecule has 110 valence electrons. The van der Waals surface area contributed by atoms with Gasteiger partial charge in [0.2, 0.25) is 0 Å². The fourth-order valence-corrected chi connectivity index (χ4v) is 3.56. The second kappa shape index (κ2) is 5.68. The highest BCUT2D eigenvalue weighted by molar-refractivity contribution is 5.38. The predicted molar refractivity (Wildman–Crippen MR) is 81.9 cm³/mol. The van der Waals surface area contributed by atoms with Crippen LogP contribution in [0.3, 0.4) is 0 Å². The lowest BCUT2D eigenvalue weighted by atomic mass is 9.95. The van der Waals surface area contributed by atoms with Crippen molar-refractivity contribution in [2.45, 2.75) is 12.0 Å². The fraction of sp³-hybridized carbons (Fsp3) is 0.667. The van der Waals surface area contributed by atoms with Crippen LogP contribution in [0.5, 0.6) is 0 Å². The molecule has 2 saturated heterocycles. The van der Waals surface area contributed by atoms with Gasteiger partial charge in [0.15, 0.2) is 0 Å². The molecule has 0 saturated carbocycles. The van der Waals surface area contributed by atoms with Gasteiger partial charge in [-0.1, -0.05) is 6.07 Å². The number of hydrogen-bond donors (Lipinski definition) is 1. The first kappa shape index (κ1) is 13.8. The van der Waals surface area contributed by atoms with Crippen molar-refractivity contribution < 1.29 is 0 Å². The van der Waals surface area contributed by atoms with Gasteiger partial charge in [-0.3, -0.25) is 4.90 Å². The molecule has 5 heteroatoms. The molecule has 2 fully saturated rings. The Hall–Kier alpha value is -1.17. The van der Waals surface area contributed by atoms with Crippen molar-refractivity contribution in [3.8, 4) is 0 Å². The summed E-state index contributed by atoms with van der Waals surface area (Å²) >= 11 is 0. The summed E-state index contributed by atoms with van der Waals surface area (Å²) in [4.78, 5) is 11.8. The molecule has 0 spiro atoms. The summed E-state index contributed by atoms with van der Waals surface area (Å²) in [6, 6.07) is 6.12. The number of rotatable bonds is 3. The van der Waals surface area contributed by atoms with E-state index in [9.17, 15) is 0 Å². The zero-order valence-electron chi connectivity index (χ0n) is 12.3. The molecule has 2 N–H and O–H groups in total. The monoisotopic (exact) mass is 275 g/mol. The maximum absolute atomic E-state index is 6.11. The minimum absolute atomic E-state index is 0.199. The van der Waals surface area contributed by atoms with Crippen molar-refractivity contribution in [2.24, 2.45) is 5.73 Å². The van der Waals surface area contributed by atoms with E-state index in [1.807, 2.05) is 12.3 Å². The van der Waals surface area contributed by atoms with Gasteiger partial charge < -0.3 is 15.5 Å². The van der Waals surface area contributed by atoms with Crippen LogP contribution in [0, 0.1) is 0 Å². The van der Waals surface area contributed by atoms with E-state index in [1.54, 1.807) is 0 Å². The smallest absolute Gasteiger partial charge is 0.128 e. The van der Waals surface area contributed by atoms with Crippen LogP contribution >= 0.6 is 0 Å². The number of likely N-dealkylation sites (tertiary alicyclic amines) is 1. The second-order valence-electron chi connectivity index (χ2n) is 6.08. The molecule has 5 nitrogen and oxygen atoms in total. The zero-order valence-corrected chi connectivity index (χ0v) is 12.3. The van der Waals surface area contributed by atoms with Gasteiger partial charge in [-0.2, -0.15) is 0 Å². The summed E-state index contributed by atoms with van der Waals surface area (Å²) in [6.07, 6.45) is 3.07. The lowest BCUT2D eigenvalue weighted by molar-refractivity contribution is 0.0944. The highest BCUT2D eigenvalue weighted by Crippen LogP contribution is 2.28. The quantitative estimate of drug-likeness (QED) is 0.856. The van der Waals surface area contributed by atoms with Crippen LogP contribution in [-0.4, -0.2) is 73.2 Å². The summed E-state index contributed by atoms with van der Waals surface area (Å²) in [5, 5.41) is 0. The average Bonchev–Trinajstić information content (AvgIpc) is 2.91. The van der Waals surface area contributed by atoms with E-state index in [0.29, 0.717) is 0 Å². The van der Waals surface area contributed by atoms with Gasteiger partial charge in [-0.25, -0.2) is 4.98 Å². The molecule has 0 aliphatic carbocycles. The van der Waals surface area contributed by atoms with Gasteiger partial charge in [0.05, 0.1) is 0 Å². The van der Waals surface area contributed by atoms with Crippen molar-refractivity contribution >= 4 is 5.82 Å². The van der Waals surface area contributed by atoms with Gasteiger partial charge >= 0.3 is 0 Å². The third-order valence-corrected chi connectivity index (χ3v) is 4.83. The number of hydrogen-bond acceptors (Lipinski definition) is 5. The predicted octanol–water partition coefficient (Wildman–Crippen LogP) is 0.237. The van der Waals surface area contributed by atoms with Crippen LogP contribution in [0.1, 0.15) is 6.42 Å². The van der Waals surface area contributed by atoms with Gasteiger partial charge in [0.1, 0.15) is 5.82 Å². The fourth-order valence-electron chi connectivity index (χ4n) is 3.56. The van der Waals surface area contributed by atoms with Crippen molar-refractivity contribution in [3.63, 3.8) is 0 Å². The molecule has 2 aliphatic rings. The number of likely N-dealkylation sites (N-methyl/N-ethyl adjacent to an activating group) is 1. The Morgan fingerprint density at radius 1 is 1.20 bits per heavy atom. The molecule has 0 aromatic carbocycles. The Bertz CT molecular complexity index is 429. The number of pyridine rings is 1. The van der Waals surface area contributed by atoms with Crippen LogP contribution < -0.4 is 10.6 Å². The zero-order chi connectivity index (χ0) is 14.0. The Kier molecular flexibility index (Phi) is 3.92. The highest BCUT2D eigenvalue weighted by atomic mass is 15.3. The molecular formula is C15H25N5. The van der Waals surface area contributed by atoms with Crippen molar-refractivity contribution in [3.05, 3.63) is 24.4 Å². The normalized spacial score (nSPS) is 29.0. The lowest BCUT2D eigenvalue weighted by Crippen LogP contribution is -2.61. The van der Waals surface area contributed by atoms with Gasteiger partial charge in [0, 0.05) is 51.0 Å². The Morgan fingerprint density at radius 3 is 2.55 bits per heavy atom. The molecule has 0 radical (unpaired) electrons. The van der Waals surface area contributed by atoms with Crippen molar-refractivity contribution in [2.75, 3.05) is 57.8 Å². The second-order valence-corrected chi connectivity index (χ2v) is 6.08. The topological polar surface area (TPSA) is 48.6 Å². The molecule has 1 aromatic heterocycles. The Balaban J connectivity index is 1.64. The number of aromatic nitrogens is 1. The van der Waals surface area contributed by atoms with E-state index in [2.05, 4.69) is 38.9 Å². The molecule has 1 aromatic rings. The van der Waals surface area contributed by atoms with Crippen LogP contribution in [0.2, 0.25) is 0 Å². The maximum atomic E-state index is 6.11. The molecule has 3 heterocycles. The first-order valence-electron chi connectivity index (χ1n) is 7.53. The summed E-state index contributed by atoms with van der Waals surface area (Å²) in [7, 11) is 2.20. The SMILES string of the molecule is CN1CCC(CN)(N2CCN(c3ccccn3)CC2)C1. The molecule has 0 bridgehead atoms.